The normalized spacial score (nSPS) is 15.2. The van der Waals surface area contributed by atoms with E-state index in [4.69, 9.17) is 10.00 Å². The van der Waals surface area contributed by atoms with E-state index in [0.29, 0.717) is 25.3 Å². The zero-order valence-corrected chi connectivity index (χ0v) is 15.0. The molecule has 2 aromatic rings. The second-order valence-electron chi connectivity index (χ2n) is 6.37. The molecule has 1 saturated heterocycles. The van der Waals surface area contributed by atoms with Gasteiger partial charge in [0.05, 0.1) is 24.3 Å². The van der Waals surface area contributed by atoms with Crippen molar-refractivity contribution < 1.29 is 17.9 Å². The summed E-state index contributed by atoms with van der Waals surface area (Å²) in [6, 6.07) is 13.3. The number of nitrogens with zero attached hydrogens (tertiary/aromatic N) is 3. The van der Waals surface area contributed by atoms with Gasteiger partial charge in [0, 0.05) is 37.6 Å². The molecule has 7 heteroatoms. The van der Waals surface area contributed by atoms with Crippen molar-refractivity contribution in [2.45, 2.75) is 12.6 Å². The zero-order valence-electron chi connectivity index (χ0n) is 15.0. The summed E-state index contributed by atoms with van der Waals surface area (Å²) in [5.74, 6) is 0.785. The van der Waals surface area contributed by atoms with Gasteiger partial charge in [-0.2, -0.15) is 18.4 Å². The summed E-state index contributed by atoms with van der Waals surface area (Å²) in [6.45, 7) is 2.80. The minimum atomic E-state index is -4.54. The van der Waals surface area contributed by atoms with E-state index >= 15 is 0 Å². The highest BCUT2D eigenvalue weighted by molar-refractivity contribution is 5.56. The lowest BCUT2D eigenvalue weighted by molar-refractivity contribution is -0.137. The molecule has 4 nitrogen and oxygen atoms in total. The predicted molar refractivity (Wildman–Crippen MR) is 98.2 cm³/mol. The Kier molecular flexibility index (Phi) is 5.45. The summed E-state index contributed by atoms with van der Waals surface area (Å²) < 4.78 is 44.8. The first-order valence-corrected chi connectivity index (χ1v) is 8.67. The van der Waals surface area contributed by atoms with E-state index in [1.807, 2.05) is 29.2 Å². The van der Waals surface area contributed by atoms with Crippen LogP contribution in [0.15, 0.2) is 42.5 Å². The van der Waals surface area contributed by atoms with Crippen molar-refractivity contribution in [1.82, 2.24) is 0 Å². The van der Waals surface area contributed by atoms with Crippen LogP contribution in [0.25, 0.3) is 0 Å². The summed E-state index contributed by atoms with van der Waals surface area (Å²) >= 11 is 0. The number of hydrogen-bond donors (Lipinski definition) is 0. The number of nitriles is 1. The van der Waals surface area contributed by atoms with Gasteiger partial charge in [0.15, 0.2) is 0 Å². The molecule has 0 N–H and O–H groups in total. The number of hydrogen-bond acceptors (Lipinski definition) is 4. The molecule has 1 aliphatic heterocycles. The first-order valence-electron chi connectivity index (χ1n) is 8.67. The van der Waals surface area contributed by atoms with Gasteiger partial charge in [-0.15, -0.1) is 0 Å². The van der Waals surface area contributed by atoms with Crippen LogP contribution in [0.1, 0.15) is 17.5 Å². The van der Waals surface area contributed by atoms with Crippen molar-refractivity contribution in [2.75, 3.05) is 43.1 Å². The van der Waals surface area contributed by atoms with E-state index in [9.17, 15) is 13.2 Å². The van der Waals surface area contributed by atoms with Crippen molar-refractivity contribution in [2.24, 2.45) is 0 Å². The summed E-state index contributed by atoms with van der Waals surface area (Å²) in [6.07, 6.45) is -3.71. The second-order valence-corrected chi connectivity index (χ2v) is 6.37. The van der Waals surface area contributed by atoms with Gasteiger partial charge in [-0.05, 0) is 48.9 Å². The number of alkyl halides is 3. The molecular weight excluding hydrogens is 355 g/mol. The summed E-state index contributed by atoms with van der Waals surface area (Å²) in [7, 11) is 1.62. The van der Waals surface area contributed by atoms with E-state index in [-0.39, 0.29) is 5.56 Å². The molecular formula is C20H20F3N3O. The van der Waals surface area contributed by atoms with E-state index in [1.54, 1.807) is 19.2 Å². The van der Waals surface area contributed by atoms with Crippen LogP contribution >= 0.6 is 0 Å². The van der Waals surface area contributed by atoms with Gasteiger partial charge in [-0.25, -0.2) is 0 Å². The smallest absolute Gasteiger partial charge is 0.417 e. The summed E-state index contributed by atoms with van der Waals surface area (Å²) in [4.78, 5) is 4.16. The maximum Gasteiger partial charge on any atom is 0.417 e. The van der Waals surface area contributed by atoms with Gasteiger partial charge < -0.3 is 14.5 Å². The van der Waals surface area contributed by atoms with Crippen LogP contribution in [0.4, 0.5) is 24.5 Å². The van der Waals surface area contributed by atoms with Gasteiger partial charge in [0.2, 0.25) is 0 Å². The molecule has 3 rings (SSSR count). The Morgan fingerprint density at radius 1 is 0.926 bits per heavy atom. The van der Waals surface area contributed by atoms with Crippen molar-refractivity contribution in [3.63, 3.8) is 0 Å². The average molecular weight is 375 g/mol. The molecule has 27 heavy (non-hydrogen) atoms. The molecule has 0 saturated carbocycles. The van der Waals surface area contributed by atoms with E-state index in [2.05, 4.69) is 4.90 Å². The molecule has 0 radical (unpaired) electrons. The Morgan fingerprint density at radius 2 is 1.52 bits per heavy atom. The lowest BCUT2D eigenvalue weighted by Gasteiger charge is -2.25. The number of benzene rings is 2. The second kappa shape index (κ2) is 7.78. The first-order chi connectivity index (χ1) is 12.9. The largest absolute Gasteiger partial charge is 0.497 e. The molecule has 142 valence electrons. The number of ether oxygens (including phenoxy) is 1. The van der Waals surface area contributed by atoms with Crippen LogP contribution < -0.4 is 14.5 Å². The SMILES string of the molecule is COc1ccc(N2CCCN(c3ccc(C#N)c(C(F)(F)F)c3)CC2)cc1. The molecule has 0 atom stereocenters. The monoisotopic (exact) mass is 375 g/mol. The van der Waals surface area contributed by atoms with Gasteiger partial charge in [0.25, 0.3) is 0 Å². The maximum atomic E-state index is 13.2. The van der Waals surface area contributed by atoms with E-state index in [0.717, 1.165) is 30.5 Å². The number of halogens is 3. The molecule has 0 bridgehead atoms. The molecule has 0 aliphatic carbocycles. The zero-order chi connectivity index (χ0) is 19.4. The first kappa shape index (κ1) is 18.9. The van der Waals surface area contributed by atoms with Gasteiger partial charge >= 0.3 is 6.18 Å². The Balaban J connectivity index is 1.77. The third kappa shape index (κ3) is 4.27. The fraction of sp³-hybridized carbons (Fsp3) is 0.350. The predicted octanol–water partition coefficient (Wildman–Crippen LogP) is 4.30. The molecule has 1 heterocycles. The molecule has 1 aliphatic rings. The van der Waals surface area contributed by atoms with Gasteiger partial charge in [-0.1, -0.05) is 0 Å². The average Bonchev–Trinajstić information content (AvgIpc) is 2.93. The van der Waals surface area contributed by atoms with Gasteiger partial charge in [0.1, 0.15) is 5.75 Å². The molecule has 0 amide bonds. The Hall–Kier alpha value is -2.88. The third-order valence-corrected chi connectivity index (χ3v) is 4.73. The molecule has 0 unspecified atom stereocenters. The van der Waals surface area contributed by atoms with Crippen molar-refractivity contribution >= 4 is 11.4 Å². The molecule has 2 aromatic carbocycles. The van der Waals surface area contributed by atoms with Gasteiger partial charge in [-0.3, -0.25) is 0 Å². The Morgan fingerprint density at radius 3 is 2.07 bits per heavy atom. The summed E-state index contributed by atoms with van der Waals surface area (Å²) in [5.41, 5.74) is 0.339. The maximum absolute atomic E-state index is 13.2. The van der Waals surface area contributed by atoms with E-state index < -0.39 is 11.7 Å². The number of methoxy groups -OCH3 is 1. The third-order valence-electron chi connectivity index (χ3n) is 4.73. The van der Waals surface area contributed by atoms with Crippen LogP contribution in [0.3, 0.4) is 0 Å². The van der Waals surface area contributed by atoms with E-state index in [1.165, 1.54) is 6.07 Å². The number of rotatable bonds is 3. The van der Waals surface area contributed by atoms with Crippen LogP contribution in [0, 0.1) is 11.3 Å². The fourth-order valence-corrected chi connectivity index (χ4v) is 3.29. The van der Waals surface area contributed by atoms with Crippen LogP contribution in [-0.4, -0.2) is 33.3 Å². The van der Waals surface area contributed by atoms with Crippen molar-refractivity contribution in [1.29, 1.82) is 5.26 Å². The number of anilines is 2. The molecule has 0 spiro atoms. The molecule has 1 fully saturated rings. The minimum Gasteiger partial charge on any atom is -0.497 e. The highest BCUT2D eigenvalue weighted by atomic mass is 19.4. The lowest BCUT2D eigenvalue weighted by atomic mass is 10.1. The highest BCUT2D eigenvalue weighted by Crippen LogP contribution is 2.34. The Labute approximate surface area is 156 Å². The highest BCUT2D eigenvalue weighted by Gasteiger charge is 2.34. The quantitative estimate of drug-likeness (QED) is 0.802. The Bertz CT molecular complexity index is 828. The topological polar surface area (TPSA) is 39.5 Å². The lowest BCUT2D eigenvalue weighted by Crippen LogP contribution is -2.30. The van der Waals surface area contributed by atoms with Crippen LogP contribution in [0.5, 0.6) is 5.75 Å². The standard InChI is InChI=1S/C20H20F3N3O/c1-27-18-7-5-16(6-8-18)25-9-2-10-26(12-11-25)17-4-3-15(14-24)19(13-17)20(21,22)23/h3-8,13H,2,9-12H2,1H3. The van der Waals surface area contributed by atoms with Crippen molar-refractivity contribution in [3.8, 4) is 11.8 Å². The fourth-order valence-electron chi connectivity index (χ4n) is 3.29. The van der Waals surface area contributed by atoms with Crippen molar-refractivity contribution in [3.05, 3.63) is 53.6 Å². The minimum absolute atomic E-state index is 0.346. The van der Waals surface area contributed by atoms with Crippen LogP contribution in [-0.2, 0) is 6.18 Å². The molecule has 0 aromatic heterocycles. The summed E-state index contributed by atoms with van der Waals surface area (Å²) in [5, 5.41) is 8.95. The van der Waals surface area contributed by atoms with Crippen LogP contribution in [0.2, 0.25) is 0 Å².